The lowest BCUT2D eigenvalue weighted by Crippen LogP contribution is -2.39. The van der Waals surface area contributed by atoms with Crippen molar-refractivity contribution in [3.05, 3.63) is 0 Å². The SMILES string of the molecule is CCCCCCCCCCCCCCCCCC(=O)N(C)CC(=O)[O-]. The summed E-state index contributed by atoms with van der Waals surface area (Å²) < 4.78 is 0. The van der Waals surface area contributed by atoms with Gasteiger partial charge in [0.2, 0.25) is 5.91 Å². The number of likely N-dealkylation sites (N-methyl/N-ethyl adjacent to an activating group) is 1. The second kappa shape index (κ2) is 17.8. The highest BCUT2D eigenvalue weighted by atomic mass is 16.4. The zero-order valence-corrected chi connectivity index (χ0v) is 16.7. The fourth-order valence-electron chi connectivity index (χ4n) is 3.12. The van der Waals surface area contributed by atoms with Crippen LogP contribution in [0.3, 0.4) is 0 Å². The highest BCUT2D eigenvalue weighted by Gasteiger charge is 2.07. The molecule has 0 aromatic heterocycles. The van der Waals surface area contributed by atoms with Crippen LogP contribution in [0.15, 0.2) is 0 Å². The van der Waals surface area contributed by atoms with Gasteiger partial charge in [0.1, 0.15) is 0 Å². The summed E-state index contributed by atoms with van der Waals surface area (Å²) in [6.45, 7) is 1.95. The maximum Gasteiger partial charge on any atom is 0.222 e. The highest BCUT2D eigenvalue weighted by Crippen LogP contribution is 2.13. The smallest absolute Gasteiger partial charge is 0.222 e. The van der Waals surface area contributed by atoms with E-state index in [1.54, 1.807) is 0 Å². The molecular weight excluding hydrogens is 314 g/mol. The molecule has 148 valence electrons. The van der Waals surface area contributed by atoms with E-state index in [1.165, 1.54) is 95.4 Å². The topological polar surface area (TPSA) is 60.4 Å². The van der Waals surface area contributed by atoms with Gasteiger partial charge in [0, 0.05) is 13.5 Å². The Hall–Kier alpha value is -1.06. The van der Waals surface area contributed by atoms with Gasteiger partial charge < -0.3 is 14.8 Å². The van der Waals surface area contributed by atoms with Crippen LogP contribution >= 0.6 is 0 Å². The van der Waals surface area contributed by atoms with Crippen molar-refractivity contribution in [2.24, 2.45) is 0 Å². The molecule has 0 saturated heterocycles. The zero-order chi connectivity index (χ0) is 18.8. The molecule has 0 atom stereocenters. The monoisotopic (exact) mass is 354 g/mol. The molecule has 25 heavy (non-hydrogen) atoms. The van der Waals surface area contributed by atoms with Crippen molar-refractivity contribution >= 4 is 11.9 Å². The van der Waals surface area contributed by atoms with Crippen LogP contribution < -0.4 is 5.11 Å². The number of carbonyl (C=O) groups is 2. The summed E-state index contributed by atoms with van der Waals surface area (Å²) >= 11 is 0. The molecule has 0 radical (unpaired) electrons. The van der Waals surface area contributed by atoms with E-state index < -0.39 is 5.97 Å². The van der Waals surface area contributed by atoms with Crippen LogP contribution in [-0.4, -0.2) is 30.4 Å². The number of hydrogen-bond donors (Lipinski definition) is 0. The number of aliphatic carboxylic acids is 1. The number of rotatable bonds is 18. The summed E-state index contributed by atoms with van der Waals surface area (Å²) in [5.41, 5.74) is 0. The Balaban J connectivity index is 3.21. The van der Waals surface area contributed by atoms with E-state index >= 15 is 0 Å². The average Bonchev–Trinajstić information content (AvgIpc) is 2.57. The molecule has 0 aromatic rings. The first kappa shape index (κ1) is 23.9. The van der Waals surface area contributed by atoms with Crippen LogP contribution in [0.4, 0.5) is 0 Å². The van der Waals surface area contributed by atoms with Gasteiger partial charge >= 0.3 is 0 Å². The van der Waals surface area contributed by atoms with Gasteiger partial charge in [-0.3, -0.25) is 4.79 Å². The quantitative estimate of drug-likeness (QED) is 0.342. The Morgan fingerprint density at radius 3 is 1.40 bits per heavy atom. The van der Waals surface area contributed by atoms with Gasteiger partial charge in [-0.15, -0.1) is 0 Å². The number of unbranched alkanes of at least 4 members (excludes halogenated alkanes) is 14. The Morgan fingerprint density at radius 1 is 0.680 bits per heavy atom. The van der Waals surface area contributed by atoms with E-state index in [0.717, 1.165) is 12.8 Å². The normalized spacial score (nSPS) is 10.8. The predicted molar refractivity (Wildman–Crippen MR) is 102 cm³/mol. The molecule has 0 saturated carbocycles. The van der Waals surface area contributed by atoms with Gasteiger partial charge in [0.25, 0.3) is 0 Å². The third kappa shape index (κ3) is 17.6. The lowest BCUT2D eigenvalue weighted by molar-refractivity contribution is -0.305. The average molecular weight is 355 g/mol. The highest BCUT2D eigenvalue weighted by molar-refractivity contribution is 5.80. The van der Waals surface area contributed by atoms with Gasteiger partial charge in [-0.25, -0.2) is 0 Å². The summed E-state index contributed by atoms with van der Waals surface area (Å²) in [5.74, 6) is -1.30. The largest absolute Gasteiger partial charge is 0.548 e. The van der Waals surface area contributed by atoms with E-state index in [9.17, 15) is 14.7 Å². The standard InChI is InChI=1S/C21H41NO3/c1-3-4-5-6-7-8-9-10-11-12-13-14-15-16-17-18-20(23)22(2)19-21(24)25/h3-19H2,1-2H3,(H,24,25)/p-1. The zero-order valence-electron chi connectivity index (χ0n) is 16.7. The van der Waals surface area contributed by atoms with Crippen molar-refractivity contribution in [1.82, 2.24) is 4.90 Å². The van der Waals surface area contributed by atoms with Gasteiger partial charge in [-0.05, 0) is 6.42 Å². The van der Waals surface area contributed by atoms with Gasteiger partial charge in [-0.2, -0.15) is 0 Å². The van der Waals surface area contributed by atoms with E-state index in [1.807, 2.05) is 0 Å². The van der Waals surface area contributed by atoms with Gasteiger partial charge in [-0.1, -0.05) is 96.8 Å². The molecule has 0 aliphatic rings. The van der Waals surface area contributed by atoms with Crippen molar-refractivity contribution in [2.45, 2.75) is 110 Å². The maximum absolute atomic E-state index is 11.6. The molecule has 0 aliphatic carbocycles. The molecule has 0 aromatic carbocycles. The van der Waals surface area contributed by atoms with Crippen LogP contribution in [0.2, 0.25) is 0 Å². The first-order valence-electron chi connectivity index (χ1n) is 10.5. The summed E-state index contributed by atoms with van der Waals surface area (Å²) in [6, 6.07) is 0. The van der Waals surface area contributed by atoms with Crippen LogP contribution in [0, 0.1) is 0 Å². The molecule has 0 bridgehead atoms. The molecule has 4 heteroatoms. The van der Waals surface area contributed by atoms with Crippen LogP contribution in [-0.2, 0) is 9.59 Å². The van der Waals surface area contributed by atoms with E-state index in [-0.39, 0.29) is 12.5 Å². The molecule has 0 unspecified atom stereocenters. The first-order chi connectivity index (χ1) is 12.1. The Kier molecular flexibility index (Phi) is 17.0. The molecule has 4 nitrogen and oxygen atoms in total. The summed E-state index contributed by atoms with van der Waals surface area (Å²) in [4.78, 5) is 23.3. The van der Waals surface area contributed by atoms with Crippen LogP contribution in [0.5, 0.6) is 0 Å². The minimum atomic E-state index is -1.20. The number of carbonyl (C=O) groups excluding carboxylic acids is 2. The number of carboxylic acids is 1. The van der Waals surface area contributed by atoms with Crippen molar-refractivity contribution in [1.29, 1.82) is 0 Å². The van der Waals surface area contributed by atoms with E-state index in [4.69, 9.17) is 0 Å². The molecular formula is C21H40NO3-. The molecule has 0 heterocycles. The first-order valence-corrected chi connectivity index (χ1v) is 10.5. The number of amides is 1. The summed E-state index contributed by atoms with van der Waals surface area (Å²) in [5, 5.41) is 10.4. The van der Waals surface area contributed by atoms with Crippen LogP contribution in [0.1, 0.15) is 110 Å². The molecule has 0 aliphatic heterocycles. The predicted octanol–water partition coefficient (Wildman–Crippen LogP) is 4.46. The Bertz CT molecular complexity index is 331. The molecule has 0 rings (SSSR count). The number of hydrogen-bond acceptors (Lipinski definition) is 3. The van der Waals surface area contributed by atoms with E-state index in [2.05, 4.69) is 6.92 Å². The van der Waals surface area contributed by atoms with Gasteiger partial charge in [0.15, 0.2) is 0 Å². The number of carboxylic acid groups (broad SMARTS) is 1. The van der Waals surface area contributed by atoms with Crippen molar-refractivity contribution in [2.75, 3.05) is 13.6 Å². The maximum atomic E-state index is 11.6. The molecule has 0 N–H and O–H groups in total. The molecule has 0 spiro atoms. The summed E-state index contributed by atoms with van der Waals surface area (Å²) in [6.07, 6.45) is 19.9. The fourth-order valence-corrected chi connectivity index (χ4v) is 3.12. The van der Waals surface area contributed by atoms with Gasteiger partial charge in [0.05, 0.1) is 12.5 Å². The van der Waals surface area contributed by atoms with E-state index in [0.29, 0.717) is 6.42 Å². The third-order valence-electron chi connectivity index (χ3n) is 4.79. The lowest BCUT2D eigenvalue weighted by Gasteiger charge is -2.17. The Morgan fingerprint density at radius 2 is 1.04 bits per heavy atom. The van der Waals surface area contributed by atoms with Crippen molar-refractivity contribution in [3.63, 3.8) is 0 Å². The second-order valence-electron chi connectivity index (χ2n) is 7.32. The van der Waals surface area contributed by atoms with Crippen molar-refractivity contribution < 1.29 is 14.7 Å². The second-order valence-corrected chi connectivity index (χ2v) is 7.32. The fraction of sp³-hybridized carbons (Fsp3) is 0.905. The lowest BCUT2D eigenvalue weighted by atomic mass is 10.0. The minimum Gasteiger partial charge on any atom is -0.548 e. The van der Waals surface area contributed by atoms with Crippen LogP contribution in [0.25, 0.3) is 0 Å². The summed E-state index contributed by atoms with van der Waals surface area (Å²) in [7, 11) is 1.52. The Labute approximate surface area is 155 Å². The van der Waals surface area contributed by atoms with Crippen molar-refractivity contribution in [3.8, 4) is 0 Å². The molecule has 0 fully saturated rings. The molecule has 1 amide bonds. The minimum absolute atomic E-state index is 0.0982. The number of nitrogens with zero attached hydrogens (tertiary/aromatic N) is 1. The third-order valence-corrected chi connectivity index (χ3v) is 4.79.